The molecule has 1 aromatic heterocycles. The van der Waals surface area contributed by atoms with Crippen LogP contribution >= 0.6 is 0 Å². The zero-order valence-electron chi connectivity index (χ0n) is 13.4. The molecule has 0 aliphatic heterocycles. The molecule has 0 radical (unpaired) electrons. The summed E-state index contributed by atoms with van der Waals surface area (Å²) in [5, 5.41) is 6.76. The molecule has 1 aromatic carbocycles. The molecule has 1 heterocycles. The van der Waals surface area contributed by atoms with Crippen molar-refractivity contribution in [2.45, 2.75) is 26.5 Å². The molecule has 0 unspecified atom stereocenters. The van der Waals surface area contributed by atoms with Crippen LogP contribution in [0.2, 0.25) is 0 Å². The molecule has 122 valence electrons. The fourth-order valence-electron chi connectivity index (χ4n) is 2.09. The Bertz CT molecular complexity index is 725. The first-order chi connectivity index (χ1) is 11.1. The molecule has 0 aliphatic rings. The van der Waals surface area contributed by atoms with Crippen molar-refractivity contribution >= 4 is 5.91 Å². The van der Waals surface area contributed by atoms with Gasteiger partial charge in [0.25, 0.3) is 11.5 Å². The molecule has 1 N–H and O–H groups in total. The molecule has 0 fully saturated rings. The molecule has 6 heteroatoms. The van der Waals surface area contributed by atoms with Gasteiger partial charge in [-0.3, -0.25) is 9.59 Å². The van der Waals surface area contributed by atoms with Crippen molar-refractivity contribution in [1.82, 2.24) is 15.1 Å². The second-order valence-electron chi connectivity index (χ2n) is 5.18. The molecule has 0 spiro atoms. The van der Waals surface area contributed by atoms with E-state index >= 15 is 0 Å². The van der Waals surface area contributed by atoms with Crippen molar-refractivity contribution in [3.63, 3.8) is 0 Å². The number of carbonyl (C=O) groups excluding carboxylic acids is 1. The van der Waals surface area contributed by atoms with Crippen molar-refractivity contribution < 1.29 is 9.53 Å². The quantitative estimate of drug-likeness (QED) is 0.788. The topological polar surface area (TPSA) is 73.2 Å². The zero-order chi connectivity index (χ0) is 16.7. The van der Waals surface area contributed by atoms with E-state index in [2.05, 4.69) is 17.3 Å². The van der Waals surface area contributed by atoms with Crippen molar-refractivity contribution in [2.75, 3.05) is 6.61 Å². The standard InChI is InChI=1S/C17H21N3O3/c1-3-10-23-12-14-7-5-4-6-13(14)11-18-17(22)15-8-9-16(21)20(2)19-15/h4-9H,3,10-12H2,1-2H3,(H,18,22). The maximum absolute atomic E-state index is 12.1. The number of aryl methyl sites for hydroxylation is 1. The highest BCUT2D eigenvalue weighted by Crippen LogP contribution is 2.10. The van der Waals surface area contributed by atoms with Crippen LogP contribution < -0.4 is 10.9 Å². The van der Waals surface area contributed by atoms with Crippen LogP contribution in [0.15, 0.2) is 41.2 Å². The Hall–Kier alpha value is -2.47. The number of nitrogens with zero attached hydrogens (tertiary/aromatic N) is 2. The second-order valence-corrected chi connectivity index (χ2v) is 5.18. The fourth-order valence-corrected chi connectivity index (χ4v) is 2.09. The van der Waals surface area contributed by atoms with Crippen LogP contribution in [0, 0.1) is 0 Å². The maximum Gasteiger partial charge on any atom is 0.271 e. The molecule has 0 saturated heterocycles. The van der Waals surface area contributed by atoms with E-state index in [0.717, 1.165) is 22.2 Å². The van der Waals surface area contributed by atoms with Gasteiger partial charge in [-0.05, 0) is 23.6 Å². The van der Waals surface area contributed by atoms with Gasteiger partial charge in [0.15, 0.2) is 0 Å². The van der Waals surface area contributed by atoms with Crippen LogP contribution in [0.5, 0.6) is 0 Å². The minimum absolute atomic E-state index is 0.215. The van der Waals surface area contributed by atoms with E-state index in [-0.39, 0.29) is 17.2 Å². The Kier molecular flexibility index (Phi) is 6.05. The average Bonchev–Trinajstić information content (AvgIpc) is 2.56. The van der Waals surface area contributed by atoms with Gasteiger partial charge in [0.2, 0.25) is 0 Å². The highest BCUT2D eigenvalue weighted by atomic mass is 16.5. The first-order valence-corrected chi connectivity index (χ1v) is 7.59. The van der Waals surface area contributed by atoms with E-state index in [0.29, 0.717) is 19.8 Å². The minimum Gasteiger partial charge on any atom is -0.377 e. The molecule has 0 saturated carbocycles. The molecule has 23 heavy (non-hydrogen) atoms. The van der Waals surface area contributed by atoms with Gasteiger partial charge >= 0.3 is 0 Å². The van der Waals surface area contributed by atoms with Gasteiger partial charge in [0.1, 0.15) is 5.69 Å². The van der Waals surface area contributed by atoms with E-state index in [1.165, 1.54) is 19.2 Å². The first-order valence-electron chi connectivity index (χ1n) is 7.59. The number of carbonyl (C=O) groups is 1. The molecule has 2 aromatic rings. The fraction of sp³-hybridized carbons (Fsp3) is 0.353. The Morgan fingerprint density at radius 3 is 2.65 bits per heavy atom. The lowest BCUT2D eigenvalue weighted by Gasteiger charge is -2.11. The third kappa shape index (κ3) is 4.75. The van der Waals surface area contributed by atoms with E-state index in [1.54, 1.807) is 0 Å². The second kappa shape index (κ2) is 8.24. The van der Waals surface area contributed by atoms with Crippen molar-refractivity contribution in [3.8, 4) is 0 Å². The van der Waals surface area contributed by atoms with Crippen LogP contribution in [-0.2, 0) is 24.9 Å². The summed E-state index contributed by atoms with van der Waals surface area (Å²) in [6.45, 7) is 3.68. The number of benzene rings is 1. The number of ether oxygens (including phenoxy) is 1. The summed E-state index contributed by atoms with van der Waals surface area (Å²) < 4.78 is 6.71. The Balaban J connectivity index is 2.01. The summed E-state index contributed by atoms with van der Waals surface area (Å²) in [5.41, 5.74) is 2.02. The smallest absolute Gasteiger partial charge is 0.271 e. The number of rotatable bonds is 7. The number of hydrogen-bond donors (Lipinski definition) is 1. The van der Waals surface area contributed by atoms with Crippen LogP contribution in [-0.4, -0.2) is 22.3 Å². The molecule has 2 rings (SSSR count). The van der Waals surface area contributed by atoms with E-state index < -0.39 is 0 Å². The summed E-state index contributed by atoms with van der Waals surface area (Å²) >= 11 is 0. The van der Waals surface area contributed by atoms with Gasteiger partial charge in [0.05, 0.1) is 6.61 Å². The molecule has 0 atom stereocenters. The highest BCUT2D eigenvalue weighted by Gasteiger charge is 2.09. The molecule has 1 amide bonds. The van der Waals surface area contributed by atoms with Crippen molar-refractivity contribution in [1.29, 1.82) is 0 Å². The first kappa shape index (κ1) is 16.9. The number of hydrogen-bond acceptors (Lipinski definition) is 4. The Labute approximate surface area is 135 Å². The summed E-state index contributed by atoms with van der Waals surface area (Å²) in [4.78, 5) is 23.4. The van der Waals surface area contributed by atoms with Crippen molar-refractivity contribution in [3.05, 3.63) is 63.6 Å². The van der Waals surface area contributed by atoms with E-state index in [4.69, 9.17) is 4.74 Å². The average molecular weight is 315 g/mol. The van der Waals surface area contributed by atoms with Crippen LogP contribution in [0.4, 0.5) is 0 Å². The molecule has 0 aliphatic carbocycles. The summed E-state index contributed by atoms with van der Waals surface area (Å²) in [6, 6.07) is 10.6. The van der Waals surface area contributed by atoms with Crippen molar-refractivity contribution in [2.24, 2.45) is 7.05 Å². The predicted molar refractivity (Wildman–Crippen MR) is 87.0 cm³/mol. The van der Waals surface area contributed by atoms with Gasteiger partial charge in [-0.2, -0.15) is 5.10 Å². The molecule has 6 nitrogen and oxygen atoms in total. The summed E-state index contributed by atoms with van der Waals surface area (Å²) in [6.07, 6.45) is 0.970. The Morgan fingerprint density at radius 2 is 1.96 bits per heavy atom. The van der Waals surface area contributed by atoms with Gasteiger partial charge in [-0.25, -0.2) is 4.68 Å². The Morgan fingerprint density at radius 1 is 1.22 bits per heavy atom. The minimum atomic E-state index is -0.315. The summed E-state index contributed by atoms with van der Waals surface area (Å²) in [5.74, 6) is -0.315. The summed E-state index contributed by atoms with van der Waals surface area (Å²) in [7, 11) is 1.51. The monoisotopic (exact) mass is 315 g/mol. The SMILES string of the molecule is CCCOCc1ccccc1CNC(=O)c1ccc(=O)n(C)n1. The number of nitrogens with one attached hydrogen (secondary N) is 1. The molecular formula is C17H21N3O3. The maximum atomic E-state index is 12.1. The van der Waals surface area contributed by atoms with Gasteiger partial charge in [-0.15, -0.1) is 0 Å². The van der Waals surface area contributed by atoms with Gasteiger partial charge in [0, 0.05) is 26.3 Å². The third-order valence-electron chi connectivity index (χ3n) is 3.36. The lowest BCUT2D eigenvalue weighted by molar-refractivity contribution is 0.0942. The van der Waals surface area contributed by atoms with Gasteiger partial charge < -0.3 is 10.1 Å². The van der Waals surface area contributed by atoms with E-state index in [1.807, 2.05) is 24.3 Å². The largest absolute Gasteiger partial charge is 0.377 e. The third-order valence-corrected chi connectivity index (χ3v) is 3.36. The molecular weight excluding hydrogens is 294 g/mol. The van der Waals surface area contributed by atoms with Crippen LogP contribution in [0.1, 0.15) is 35.0 Å². The predicted octanol–water partition coefficient (Wildman–Crippen LogP) is 1.64. The number of aromatic nitrogens is 2. The number of amides is 1. The van der Waals surface area contributed by atoms with Crippen LogP contribution in [0.3, 0.4) is 0 Å². The zero-order valence-corrected chi connectivity index (χ0v) is 13.4. The highest BCUT2D eigenvalue weighted by molar-refractivity contribution is 5.91. The molecule has 0 bridgehead atoms. The lowest BCUT2D eigenvalue weighted by Crippen LogP contribution is -2.28. The van der Waals surface area contributed by atoms with Crippen LogP contribution in [0.25, 0.3) is 0 Å². The van der Waals surface area contributed by atoms with Gasteiger partial charge in [-0.1, -0.05) is 31.2 Å². The van der Waals surface area contributed by atoms with E-state index in [9.17, 15) is 9.59 Å². The lowest BCUT2D eigenvalue weighted by atomic mass is 10.1. The normalized spacial score (nSPS) is 10.5.